The van der Waals surface area contributed by atoms with Crippen LogP contribution in [0.15, 0.2) is 35.7 Å². The molecule has 0 aliphatic heterocycles. The van der Waals surface area contributed by atoms with Gasteiger partial charge in [-0.2, -0.15) is 0 Å². The van der Waals surface area contributed by atoms with Crippen molar-refractivity contribution < 1.29 is 0 Å². The fourth-order valence-corrected chi connectivity index (χ4v) is 2.65. The number of nitrogen functional groups attached to an aromatic ring is 1. The molecule has 0 saturated carbocycles. The highest BCUT2D eigenvalue weighted by molar-refractivity contribution is 7.09. The maximum absolute atomic E-state index is 5.91. The van der Waals surface area contributed by atoms with Gasteiger partial charge < -0.3 is 10.6 Å². The summed E-state index contributed by atoms with van der Waals surface area (Å²) in [4.78, 5) is 3.72. The van der Waals surface area contributed by atoms with E-state index in [1.807, 2.05) is 29.5 Å². The summed E-state index contributed by atoms with van der Waals surface area (Å²) in [6.07, 6.45) is 1.09. The van der Waals surface area contributed by atoms with Crippen LogP contribution in [0.25, 0.3) is 0 Å². The van der Waals surface area contributed by atoms with E-state index >= 15 is 0 Å². The standard InChI is InChI=1S/C14H17ClN2S/c1-17(7-6-12-3-2-8-18-12)10-11-4-5-13(15)14(16)9-11/h2-5,8-9H,6-7,10,16H2,1H3. The van der Waals surface area contributed by atoms with Crippen LogP contribution in [0.4, 0.5) is 5.69 Å². The van der Waals surface area contributed by atoms with E-state index in [1.54, 1.807) is 0 Å². The summed E-state index contributed by atoms with van der Waals surface area (Å²) >= 11 is 7.72. The van der Waals surface area contributed by atoms with Crippen LogP contribution < -0.4 is 5.73 Å². The molecule has 0 atom stereocenters. The molecule has 2 rings (SSSR count). The zero-order chi connectivity index (χ0) is 13.0. The van der Waals surface area contributed by atoms with Gasteiger partial charge in [0.15, 0.2) is 0 Å². The second-order valence-corrected chi connectivity index (χ2v) is 5.86. The average Bonchev–Trinajstić information content (AvgIpc) is 2.84. The summed E-state index contributed by atoms with van der Waals surface area (Å²) in [6, 6.07) is 10.1. The highest BCUT2D eigenvalue weighted by atomic mass is 35.5. The van der Waals surface area contributed by atoms with E-state index in [-0.39, 0.29) is 0 Å². The first-order valence-electron chi connectivity index (χ1n) is 5.90. The summed E-state index contributed by atoms with van der Waals surface area (Å²) in [7, 11) is 2.12. The first-order valence-corrected chi connectivity index (χ1v) is 7.16. The van der Waals surface area contributed by atoms with Gasteiger partial charge in [-0.15, -0.1) is 11.3 Å². The van der Waals surface area contributed by atoms with E-state index in [2.05, 4.69) is 29.5 Å². The van der Waals surface area contributed by atoms with E-state index in [0.717, 1.165) is 19.5 Å². The van der Waals surface area contributed by atoms with Crippen LogP contribution in [0.5, 0.6) is 0 Å². The van der Waals surface area contributed by atoms with Crippen molar-refractivity contribution in [3.63, 3.8) is 0 Å². The van der Waals surface area contributed by atoms with Gasteiger partial charge in [0.1, 0.15) is 0 Å². The van der Waals surface area contributed by atoms with Crippen LogP contribution in [0.1, 0.15) is 10.4 Å². The van der Waals surface area contributed by atoms with Gasteiger partial charge >= 0.3 is 0 Å². The molecule has 0 unspecified atom stereocenters. The molecule has 4 heteroatoms. The average molecular weight is 281 g/mol. The molecular formula is C14H17ClN2S. The van der Waals surface area contributed by atoms with Crippen LogP contribution in [-0.2, 0) is 13.0 Å². The number of anilines is 1. The highest BCUT2D eigenvalue weighted by Gasteiger charge is 2.03. The van der Waals surface area contributed by atoms with Crippen LogP contribution >= 0.6 is 22.9 Å². The Hall–Kier alpha value is -1.03. The van der Waals surface area contributed by atoms with Crippen molar-refractivity contribution in [1.82, 2.24) is 4.90 Å². The molecule has 0 radical (unpaired) electrons. The largest absolute Gasteiger partial charge is 0.398 e. The number of rotatable bonds is 5. The van der Waals surface area contributed by atoms with Gasteiger partial charge in [0, 0.05) is 18.0 Å². The molecule has 18 heavy (non-hydrogen) atoms. The Morgan fingerprint density at radius 1 is 1.33 bits per heavy atom. The topological polar surface area (TPSA) is 29.3 Å². The summed E-state index contributed by atoms with van der Waals surface area (Å²) < 4.78 is 0. The van der Waals surface area contributed by atoms with Gasteiger partial charge in [-0.05, 0) is 42.6 Å². The van der Waals surface area contributed by atoms with Crippen LogP contribution in [0.3, 0.4) is 0 Å². The van der Waals surface area contributed by atoms with Crippen molar-refractivity contribution >= 4 is 28.6 Å². The molecule has 0 fully saturated rings. The molecule has 1 aromatic heterocycles. The van der Waals surface area contributed by atoms with E-state index < -0.39 is 0 Å². The third-order valence-corrected chi connectivity index (χ3v) is 4.11. The maximum Gasteiger partial charge on any atom is 0.0635 e. The molecule has 2 N–H and O–H groups in total. The molecular weight excluding hydrogens is 264 g/mol. The number of nitrogens with zero attached hydrogens (tertiary/aromatic N) is 1. The minimum Gasteiger partial charge on any atom is -0.398 e. The Balaban J connectivity index is 1.86. The van der Waals surface area contributed by atoms with Crippen molar-refractivity contribution in [2.75, 3.05) is 19.3 Å². The molecule has 96 valence electrons. The van der Waals surface area contributed by atoms with Gasteiger partial charge in [-0.3, -0.25) is 0 Å². The van der Waals surface area contributed by atoms with E-state index in [1.165, 1.54) is 10.4 Å². The molecule has 0 bridgehead atoms. The SMILES string of the molecule is CN(CCc1cccs1)Cc1ccc(Cl)c(N)c1. The Labute approximate surface area is 117 Å². The summed E-state index contributed by atoms with van der Waals surface area (Å²) in [6.45, 7) is 1.94. The van der Waals surface area contributed by atoms with Crippen molar-refractivity contribution in [3.8, 4) is 0 Å². The van der Waals surface area contributed by atoms with Crippen molar-refractivity contribution in [2.24, 2.45) is 0 Å². The molecule has 1 aromatic carbocycles. The third-order valence-electron chi connectivity index (χ3n) is 2.83. The number of hydrogen-bond acceptors (Lipinski definition) is 3. The number of likely N-dealkylation sites (N-methyl/N-ethyl adjacent to an activating group) is 1. The third kappa shape index (κ3) is 3.73. The lowest BCUT2D eigenvalue weighted by Crippen LogP contribution is -2.20. The van der Waals surface area contributed by atoms with Gasteiger partial charge in [-0.25, -0.2) is 0 Å². The second kappa shape index (κ2) is 6.23. The number of hydrogen-bond donors (Lipinski definition) is 1. The number of halogens is 1. The number of nitrogens with two attached hydrogens (primary N) is 1. The smallest absolute Gasteiger partial charge is 0.0635 e. The van der Waals surface area contributed by atoms with Gasteiger partial charge in [0.05, 0.1) is 10.7 Å². The summed E-state index contributed by atoms with van der Waals surface area (Å²) in [5, 5.41) is 2.75. The highest BCUT2D eigenvalue weighted by Crippen LogP contribution is 2.20. The molecule has 1 heterocycles. The Morgan fingerprint density at radius 2 is 2.17 bits per heavy atom. The minimum atomic E-state index is 0.625. The first-order chi connectivity index (χ1) is 8.65. The quantitative estimate of drug-likeness (QED) is 0.847. The summed E-state index contributed by atoms with van der Waals surface area (Å²) in [5.74, 6) is 0. The van der Waals surface area contributed by atoms with E-state index in [4.69, 9.17) is 17.3 Å². The summed E-state index contributed by atoms with van der Waals surface area (Å²) in [5.41, 5.74) is 7.65. The van der Waals surface area contributed by atoms with Crippen molar-refractivity contribution in [2.45, 2.75) is 13.0 Å². The fraction of sp³-hybridized carbons (Fsp3) is 0.286. The molecule has 0 aliphatic rings. The van der Waals surface area contributed by atoms with E-state index in [0.29, 0.717) is 10.7 Å². The van der Waals surface area contributed by atoms with E-state index in [9.17, 15) is 0 Å². The monoisotopic (exact) mass is 280 g/mol. The molecule has 0 amide bonds. The lowest BCUT2D eigenvalue weighted by Gasteiger charge is -2.16. The molecule has 2 aromatic rings. The zero-order valence-electron chi connectivity index (χ0n) is 10.4. The Bertz CT molecular complexity index is 497. The van der Waals surface area contributed by atoms with Crippen LogP contribution in [0.2, 0.25) is 5.02 Å². The number of thiophene rings is 1. The predicted octanol–water partition coefficient (Wildman–Crippen LogP) is 3.66. The Morgan fingerprint density at radius 3 is 2.83 bits per heavy atom. The molecule has 0 aliphatic carbocycles. The normalized spacial score (nSPS) is 11.1. The van der Waals surface area contributed by atoms with Crippen LogP contribution in [-0.4, -0.2) is 18.5 Å². The second-order valence-electron chi connectivity index (χ2n) is 4.42. The van der Waals surface area contributed by atoms with Gasteiger partial charge in [-0.1, -0.05) is 23.7 Å². The molecule has 2 nitrogen and oxygen atoms in total. The molecule has 0 spiro atoms. The van der Waals surface area contributed by atoms with Crippen LogP contribution in [0, 0.1) is 0 Å². The minimum absolute atomic E-state index is 0.625. The fourth-order valence-electron chi connectivity index (χ4n) is 1.84. The maximum atomic E-state index is 5.91. The van der Waals surface area contributed by atoms with Gasteiger partial charge in [0.2, 0.25) is 0 Å². The molecule has 0 saturated heterocycles. The lowest BCUT2D eigenvalue weighted by atomic mass is 10.2. The first kappa shape index (κ1) is 13.4. The zero-order valence-corrected chi connectivity index (χ0v) is 12.0. The lowest BCUT2D eigenvalue weighted by molar-refractivity contribution is 0.332. The van der Waals surface area contributed by atoms with Crippen molar-refractivity contribution in [1.29, 1.82) is 0 Å². The Kier molecular flexibility index (Phi) is 4.64. The van der Waals surface area contributed by atoms with Gasteiger partial charge in [0.25, 0.3) is 0 Å². The van der Waals surface area contributed by atoms with Crippen molar-refractivity contribution in [3.05, 3.63) is 51.2 Å². The number of benzene rings is 1. The predicted molar refractivity (Wildman–Crippen MR) is 80.2 cm³/mol.